The van der Waals surface area contributed by atoms with Gasteiger partial charge < -0.3 is 15.4 Å². The van der Waals surface area contributed by atoms with Gasteiger partial charge in [0, 0.05) is 19.3 Å². The lowest BCUT2D eigenvalue weighted by molar-refractivity contribution is -0.115. The Morgan fingerprint density at radius 2 is 1.97 bits per heavy atom. The molecule has 0 spiro atoms. The minimum absolute atomic E-state index is 0.187. The first-order valence-electron chi connectivity index (χ1n) is 8.75. The van der Waals surface area contributed by atoms with Crippen molar-refractivity contribution in [3.8, 4) is 5.69 Å². The van der Waals surface area contributed by atoms with Crippen LogP contribution < -0.4 is 10.6 Å². The summed E-state index contributed by atoms with van der Waals surface area (Å²) >= 11 is 6.19. The van der Waals surface area contributed by atoms with Gasteiger partial charge in [0.25, 0.3) is 5.91 Å². The molecule has 0 saturated heterocycles. The number of nitrogens with zero attached hydrogens (tertiary/aromatic N) is 4. The van der Waals surface area contributed by atoms with Gasteiger partial charge in [-0.1, -0.05) is 23.7 Å². The topological polar surface area (TPSA) is 111 Å². The van der Waals surface area contributed by atoms with E-state index >= 15 is 0 Å². The van der Waals surface area contributed by atoms with Crippen molar-refractivity contribution in [1.29, 1.82) is 0 Å². The first-order chi connectivity index (χ1) is 14.1. The first kappa shape index (κ1) is 20.4. The second-order valence-corrected chi connectivity index (χ2v) is 6.50. The maximum absolute atomic E-state index is 12.3. The zero-order valence-corrected chi connectivity index (χ0v) is 16.4. The van der Waals surface area contributed by atoms with E-state index in [0.717, 1.165) is 11.3 Å². The molecule has 0 aliphatic carbocycles. The Kier molecular flexibility index (Phi) is 6.88. The van der Waals surface area contributed by atoms with Crippen LogP contribution in [0.1, 0.15) is 15.9 Å². The van der Waals surface area contributed by atoms with Gasteiger partial charge in [0.1, 0.15) is 6.33 Å². The van der Waals surface area contributed by atoms with E-state index in [1.165, 1.54) is 11.0 Å². The molecule has 0 atom stereocenters. The predicted octanol–water partition coefficient (Wildman–Crippen LogP) is 1.87. The van der Waals surface area contributed by atoms with E-state index in [1.54, 1.807) is 25.3 Å². The van der Waals surface area contributed by atoms with Crippen molar-refractivity contribution in [3.05, 3.63) is 64.9 Å². The molecule has 0 fully saturated rings. The lowest BCUT2D eigenvalue weighted by atomic mass is 10.1. The first-order valence-corrected chi connectivity index (χ1v) is 9.13. The highest BCUT2D eigenvalue weighted by Crippen LogP contribution is 2.21. The minimum atomic E-state index is -0.299. The van der Waals surface area contributed by atoms with Gasteiger partial charge in [0.2, 0.25) is 5.91 Å². The molecular formula is C19H19ClN6O3. The number of amides is 2. The largest absolute Gasteiger partial charge is 0.383 e. The van der Waals surface area contributed by atoms with Crippen molar-refractivity contribution in [2.45, 2.75) is 6.42 Å². The highest BCUT2D eigenvalue weighted by Gasteiger charge is 2.12. The molecule has 9 nitrogen and oxygen atoms in total. The van der Waals surface area contributed by atoms with Crippen LogP contribution in [0.15, 0.2) is 48.8 Å². The van der Waals surface area contributed by atoms with E-state index in [4.69, 9.17) is 16.3 Å². The van der Waals surface area contributed by atoms with Crippen LogP contribution in [-0.2, 0) is 16.0 Å². The molecule has 3 rings (SSSR count). The number of nitrogens with one attached hydrogen (secondary N) is 2. The van der Waals surface area contributed by atoms with E-state index in [0.29, 0.717) is 24.4 Å². The molecule has 0 bridgehead atoms. The van der Waals surface area contributed by atoms with Crippen LogP contribution in [0.25, 0.3) is 5.69 Å². The summed E-state index contributed by atoms with van der Waals surface area (Å²) in [5.74, 6) is -0.499. The minimum Gasteiger partial charge on any atom is -0.383 e. The number of carbonyl (C=O) groups is 2. The number of hydrogen-bond donors (Lipinski definition) is 2. The molecular weight excluding hydrogens is 396 g/mol. The Bertz CT molecular complexity index is 976. The smallest absolute Gasteiger partial charge is 0.252 e. The van der Waals surface area contributed by atoms with Gasteiger partial charge in [0.15, 0.2) is 0 Å². The lowest BCUT2D eigenvalue weighted by Gasteiger charge is -2.10. The Hall–Kier alpha value is -3.30. The Morgan fingerprint density at radius 1 is 1.17 bits per heavy atom. The summed E-state index contributed by atoms with van der Waals surface area (Å²) in [7, 11) is 1.55. The fourth-order valence-electron chi connectivity index (χ4n) is 2.58. The zero-order chi connectivity index (χ0) is 20.6. The molecule has 0 aliphatic rings. The third kappa shape index (κ3) is 5.59. The molecule has 0 saturated carbocycles. The maximum Gasteiger partial charge on any atom is 0.252 e. The molecule has 2 aromatic carbocycles. The number of anilines is 1. The highest BCUT2D eigenvalue weighted by atomic mass is 35.5. The van der Waals surface area contributed by atoms with E-state index < -0.39 is 0 Å². The monoisotopic (exact) mass is 414 g/mol. The summed E-state index contributed by atoms with van der Waals surface area (Å²) in [6, 6.07) is 12.1. The van der Waals surface area contributed by atoms with Gasteiger partial charge in [-0.2, -0.15) is 0 Å². The van der Waals surface area contributed by atoms with Crippen LogP contribution in [0.5, 0.6) is 0 Å². The lowest BCUT2D eigenvalue weighted by Crippen LogP contribution is -2.27. The summed E-state index contributed by atoms with van der Waals surface area (Å²) in [5.41, 5.74) is 2.47. The zero-order valence-electron chi connectivity index (χ0n) is 15.6. The van der Waals surface area contributed by atoms with Gasteiger partial charge in [-0.05, 0) is 46.3 Å². The van der Waals surface area contributed by atoms with Gasteiger partial charge in [-0.3, -0.25) is 9.59 Å². The molecule has 1 heterocycles. The van der Waals surface area contributed by atoms with E-state index in [9.17, 15) is 9.59 Å². The van der Waals surface area contributed by atoms with Crippen LogP contribution in [0, 0.1) is 0 Å². The van der Waals surface area contributed by atoms with Gasteiger partial charge in [-0.15, -0.1) is 5.10 Å². The van der Waals surface area contributed by atoms with E-state index in [-0.39, 0.29) is 23.3 Å². The average molecular weight is 415 g/mol. The highest BCUT2D eigenvalue weighted by molar-refractivity contribution is 6.34. The van der Waals surface area contributed by atoms with Crippen LogP contribution in [0.2, 0.25) is 5.02 Å². The second kappa shape index (κ2) is 9.76. The molecule has 0 radical (unpaired) electrons. The van der Waals surface area contributed by atoms with Crippen LogP contribution >= 0.6 is 11.6 Å². The molecule has 150 valence electrons. The summed E-state index contributed by atoms with van der Waals surface area (Å²) in [5, 5.41) is 16.7. The molecule has 1 aromatic heterocycles. The number of hydrogen-bond acceptors (Lipinski definition) is 6. The van der Waals surface area contributed by atoms with Crippen LogP contribution in [0.4, 0.5) is 5.69 Å². The van der Waals surface area contributed by atoms with Crippen molar-refractivity contribution in [2.75, 3.05) is 25.6 Å². The Balaban J connectivity index is 1.57. The fourth-order valence-corrected chi connectivity index (χ4v) is 2.84. The summed E-state index contributed by atoms with van der Waals surface area (Å²) < 4.78 is 6.42. The molecule has 0 aliphatic heterocycles. The number of halogens is 1. The molecule has 10 heteroatoms. The Labute approximate surface area is 172 Å². The number of benzene rings is 2. The second-order valence-electron chi connectivity index (χ2n) is 6.09. The fraction of sp³-hybridized carbons (Fsp3) is 0.211. The summed E-state index contributed by atoms with van der Waals surface area (Å²) in [6.07, 6.45) is 1.68. The van der Waals surface area contributed by atoms with Crippen molar-refractivity contribution < 1.29 is 14.3 Å². The molecule has 3 aromatic rings. The van der Waals surface area contributed by atoms with Crippen LogP contribution in [-0.4, -0.2) is 52.3 Å². The third-order valence-electron chi connectivity index (χ3n) is 4.00. The molecule has 2 N–H and O–H groups in total. The normalized spacial score (nSPS) is 10.6. The summed E-state index contributed by atoms with van der Waals surface area (Å²) in [4.78, 5) is 24.4. The number of tetrazole rings is 1. The summed E-state index contributed by atoms with van der Waals surface area (Å²) in [6.45, 7) is 0.796. The number of rotatable bonds is 8. The molecule has 0 unspecified atom stereocenters. The van der Waals surface area contributed by atoms with Gasteiger partial charge >= 0.3 is 0 Å². The predicted molar refractivity (Wildman–Crippen MR) is 107 cm³/mol. The number of carbonyl (C=O) groups excluding carboxylic acids is 2. The molecule has 29 heavy (non-hydrogen) atoms. The van der Waals surface area contributed by atoms with Gasteiger partial charge in [-0.25, -0.2) is 4.68 Å². The SMILES string of the molecule is COCCNC(=O)c1ccc(NC(=O)Cc2ccc(-n3cnnn3)cc2)cc1Cl. The van der Waals surface area contributed by atoms with Crippen molar-refractivity contribution in [3.63, 3.8) is 0 Å². The number of ether oxygens (including phenoxy) is 1. The standard InChI is InChI=1S/C19H19ClN6O3/c1-29-9-8-21-19(28)16-7-4-14(11-17(16)20)23-18(27)10-13-2-5-15(6-3-13)26-12-22-24-25-26/h2-7,11-12H,8-10H2,1H3,(H,21,28)(H,23,27). The maximum atomic E-state index is 12.3. The Morgan fingerprint density at radius 3 is 2.62 bits per heavy atom. The van der Waals surface area contributed by atoms with E-state index in [1.807, 2.05) is 24.3 Å². The molecule has 2 amide bonds. The quantitative estimate of drug-likeness (QED) is 0.544. The van der Waals surface area contributed by atoms with Crippen molar-refractivity contribution >= 4 is 29.1 Å². The van der Waals surface area contributed by atoms with Crippen molar-refractivity contribution in [2.24, 2.45) is 0 Å². The number of aromatic nitrogens is 4. The van der Waals surface area contributed by atoms with Crippen LogP contribution in [0.3, 0.4) is 0 Å². The van der Waals surface area contributed by atoms with Crippen molar-refractivity contribution in [1.82, 2.24) is 25.5 Å². The van der Waals surface area contributed by atoms with E-state index in [2.05, 4.69) is 26.2 Å². The van der Waals surface area contributed by atoms with Gasteiger partial charge in [0.05, 0.1) is 29.3 Å². The third-order valence-corrected chi connectivity index (χ3v) is 4.32. The average Bonchev–Trinajstić information content (AvgIpc) is 3.23. The number of methoxy groups -OCH3 is 1.